The van der Waals surface area contributed by atoms with E-state index >= 15 is 0 Å². The summed E-state index contributed by atoms with van der Waals surface area (Å²) >= 11 is 0. The van der Waals surface area contributed by atoms with E-state index in [0.29, 0.717) is 23.9 Å². The van der Waals surface area contributed by atoms with Crippen LogP contribution in [0.5, 0.6) is 0 Å². The molecule has 2 N–H and O–H groups in total. The van der Waals surface area contributed by atoms with E-state index in [2.05, 4.69) is 15.2 Å². The van der Waals surface area contributed by atoms with Crippen molar-refractivity contribution in [3.8, 4) is 0 Å². The number of aromatic nitrogens is 3. The molecule has 12 heteroatoms. The number of nitrogens with one attached hydrogen (secondary N) is 1. The Bertz CT molecular complexity index is 1270. The van der Waals surface area contributed by atoms with Crippen LogP contribution in [0.25, 0.3) is 11.0 Å². The zero-order valence-corrected chi connectivity index (χ0v) is 20.0. The number of aliphatic carboxylic acids is 1. The number of hydrogen-bond donors (Lipinski definition) is 2. The van der Waals surface area contributed by atoms with E-state index in [1.807, 2.05) is 13.0 Å². The molecule has 7 nitrogen and oxygen atoms in total. The molecule has 198 valence electrons. The Morgan fingerprint density at radius 1 is 1.11 bits per heavy atom. The molecule has 0 radical (unpaired) electrons. The third-order valence-corrected chi connectivity index (χ3v) is 6.35. The fourth-order valence-electron chi connectivity index (χ4n) is 4.19. The fraction of sp³-hybridized carbons (Fsp3) is 0.440. The highest BCUT2D eigenvalue weighted by atomic mass is 19.4. The number of hydrogen-bond acceptors (Lipinski definition) is 6. The topological polar surface area (TPSA) is 91.2 Å². The third kappa shape index (κ3) is 6.80. The van der Waals surface area contributed by atoms with E-state index in [1.165, 1.54) is 18.9 Å². The zero-order valence-electron chi connectivity index (χ0n) is 20.0. The number of alkyl halides is 3. The van der Waals surface area contributed by atoms with Crippen molar-refractivity contribution < 1.29 is 31.9 Å². The number of carbonyl (C=O) groups is 1. The van der Waals surface area contributed by atoms with E-state index in [-0.39, 0.29) is 0 Å². The van der Waals surface area contributed by atoms with Gasteiger partial charge >= 0.3 is 12.1 Å². The van der Waals surface area contributed by atoms with E-state index in [1.54, 1.807) is 12.3 Å². The average molecular weight is 524 g/mol. The minimum Gasteiger partial charge on any atom is -0.475 e. The minimum atomic E-state index is -5.08. The monoisotopic (exact) mass is 523 g/mol. The number of carboxylic acids is 1. The lowest BCUT2D eigenvalue weighted by atomic mass is 9.90. The summed E-state index contributed by atoms with van der Waals surface area (Å²) in [6.07, 6.45) is 1.53. The van der Waals surface area contributed by atoms with Gasteiger partial charge in [-0.2, -0.15) is 13.2 Å². The number of halogens is 5. The second-order valence-electron chi connectivity index (χ2n) is 9.25. The Hall–Kier alpha value is -3.57. The predicted molar refractivity (Wildman–Crippen MR) is 127 cm³/mol. The van der Waals surface area contributed by atoms with Crippen LogP contribution in [0.2, 0.25) is 0 Å². The molecule has 1 saturated carbocycles. The molecule has 1 aliphatic carbocycles. The number of rotatable bonds is 5. The van der Waals surface area contributed by atoms with E-state index in [9.17, 15) is 22.0 Å². The number of pyridine rings is 1. The maximum absolute atomic E-state index is 14.0. The average Bonchev–Trinajstić information content (AvgIpc) is 3.65. The van der Waals surface area contributed by atoms with Crippen LogP contribution < -0.4 is 10.2 Å². The maximum atomic E-state index is 14.0. The van der Waals surface area contributed by atoms with Gasteiger partial charge in [0.15, 0.2) is 11.6 Å². The highest BCUT2D eigenvalue weighted by Gasteiger charge is 2.38. The lowest BCUT2D eigenvalue weighted by Gasteiger charge is -2.34. The quantitative estimate of drug-likeness (QED) is 0.440. The Kier molecular flexibility index (Phi) is 7.74. The van der Waals surface area contributed by atoms with Crippen molar-refractivity contribution in [2.45, 2.75) is 51.2 Å². The summed E-state index contributed by atoms with van der Waals surface area (Å²) in [5.41, 5.74) is 3.17. The lowest BCUT2D eigenvalue weighted by molar-refractivity contribution is -0.192. The van der Waals surface area contributed by atoms with Gasteiger partial charge in [0.25, 0.3) is 0 Å². The molecule has 1 saturated heterocycles. The molecule has 5 rings (SSSR count). The van der Waals surface area contributed by atoms with Crippen molar-refractivity contribution in [1.82, 2.24) is 15.0 Å². The van der Waals surface area contributed by atoms with E-state index in [4.69, 9.17) is 19.9 Å². The van der Waals surface area contributed by atoms with Crippen molar-refractivity contribution in [2.75, 3.05) is 23.3 Å². The van der Waals surface area contributed by atoms with Gasteiger partial charge in [-0.15, -0.1) is 0 Å². The van der Waals surface area contributed by atoms with Gasteiger partial charge < -0.3 is 15.3 Å². The molecule has 0 unspecified atom stereocenters. The van der Waals surface area contributed by atoms with Crippen LogP contribution in [0.4, 0.5) is 33.6 Å². The van der Waals surface area contributed by atoms with Gasteiger partial charge in [0, 0.05) is 31.4 Å². The Morgan fingerprint density at radius 2 is 1.78 bits per heavy atom. The summed E-state index contributed by atoms with van der Waals surface area (Å²) < 4.78 is 58.9. The van der Waals surface area contributed by atoms with Crippen molar-refractivity contribution in [1.29, 1.82) is 0 Å². The zero-order chi connectivity index (χ0) is 26.7. The van der Waals surface area contributed by atoms with Crippen molar-refractivity contribution >= 4 is 28.6 Å². The summed E-state index contributed by atoms with van der Waals surface area (Å²) in [6, 6.07) is 6.27. The fourth-order valence-corrected chi connectivity index (χ4v) is 4.19. The van der Waals surface area contributed by atoms with E-state index in [0.717, 1.165) is 60.4 Å². The van der Waals surface area contributed by atoms with Gasteiger partial charge in [-0.3, -0.25) is 4.98 Å². The van der Waals surface area contributed by atoms with Crippen LogP contribution in [0.15, 0.2) is 30.5 Å². The first-order valence-corrected chi connectivity index (χ1v) is 11.9. The Balaban J connectivity index is 0.000000405. The molecule has 37 heavy (non-hydrogen) atoms. The SMILES string of the molecule is Cc1nccc2nc(NC3CC3)c(N3CCC(Cc4ccc(F)cc4F)CC3)nc12.O=C(O)C(F)(F)F. The van der Waals surface area contributed by atoms with Crippen LogP contribution in [0.1, 0.15) is 36.9 Å². The van der Waals surface area contributed by atoms with Crippen LogP contribution in [-0.4, -0.2) is 51.3 Å². The number of aryl methyl sites for hydroxylation is 1. The lowest BCUT2D eigenvalue weighted by Crippen LogP contribution is -2.35. The van der Waals surface area contributed by atoms with Gasteiger partial charge in [-0.25, -0.2) is 23.5 Å². The summed E-state index contributed by atoms with van der Waals surface area (Å²) in [6.45, 7) is 3.64. The molecule has 2 fully saturated rings. The molecule has 1 aromatic carbocycles. The van der Waals surface area contributed by atoms with Crippen molar-refractivity contribution in [3.63, 3.8) is 0 Å². The highest BCUT2D eigenvalue weighted by Crippen LogP contribution is 2.34. The van der Waals surface area contributed by atoms with Gasteiger partial charge in [-0.05, 0) is 62.6 Å². The first-order valence-electron chi connectivity index (χ1n) is 11.9. The third-order valence-electron chi connectivity index (χ3n) is 6.35. The van der Waals surface area contributed by atoms with Gasteiger partial charge in [0.2, 0.25) is 0 Å². The number of nitrogens with zero attached hydrogens (tertiary/aromatic N) is 4. The van der Waals surface area contributed by atoms with Gasteiger partial charge in [0.1, 0.15) is 17.2 Å². The molecule has 2 aliphatic rings. The maximum Gasteiger partial charge on any atom is 0.490 e. The standard InChI is InChI=1S/C23H25F2N5.C2HF3O2/c1-14-21-20(6-9-26-14)28-22(27-18-4-5-18)23(29-21)30-10-7-15(8-11-30)12-16-2-3-17(24)13-19(16)25;3-2(4,5)1(6)7/h2-3,6,9,13,15,18H,4-5,7-8,10-12H2,1H3,(H,27,28);(H,6,7). The van der Waals surface area contributed by atoms with Crippen LogP contribution in [0, 0.1) is 24.5 Å². The molecular weight excluding hydrogens is 497 g/mol. The predicted octanol–water partition coefficient (Wildman–Crippen LogP) is 5.28. The number of carboxylic acid groups (broad SMARTS) is 1. The second kappa shape index (κ2) is 10.8. The van der Waals surface area contributed by atoms with Crippen LogP contribution in [0.3, 0.4) is 0 Å². The second-order valence-corrected chi connectivity index (χ2v) is 9.25. The number of benzene rings is 1. The highest BCUT2D eigenvalue weighted by molar-refractivity contribution is 5.82. The number of fused-ring (bicyclic) bond motifs is 1. The molecule has 0 atom stereocenters. The van der Waals surface area contributed by atoms with E-state index < -0.39 is 23.8 Å². The number of anilines is 2. The smallest absolute Gasteiger partial charge is 0.475 e. The molecular formula is C25H26F5N5O2. The van der Waals surface area contributed by atoms with Crippen LogP contribution >= 0.6 is 0 Å². The Labute approximate surface area is 209 Å². The van der Waals surface area contributed by atoms with Gasteiger partial charge in [0.05, 0.1) is 11.2 Å². The molecule has 3 heterocycles. The molecule has 0 bridgehead atoms. The molecule has 1 aliphatic heterocycles. The molecule has 2 aromatic heterocycles. The first-order chi connectivity index (χ1) is 17.5. The molecule has 0 amide bonds. The minimum absolute atomic E-state index is 0.373. The molecule has 3 aromatic rings. The van der Waals surface area contributed by atoms with Crippen molar-refractivity contribution in [3.05, 3.63) is 53.4 Å². The summed E-state index contributed by atoms with van der Waals surface area (Å²) in [4.78, 5) is 25.3. The first kappa shape index (κ1) is 26.5. The van der Waals surface area contributed by atoms with Gasteiger partial charge in [-0.1, -0.05) is 6.07 Å². The van der Waals surface area contributed by atoms with Crippen molar-refractivity contribution in [2.24, 2.45) is 5.92 Å². The number of piperidine rings is 1. The summed E-state index contributed by atoms with van der Waals surface area (Å²) in [7, 11) is 0. The largest absolute Gasteiger partial charge is 0.490 e. The summed E-state index contributed by atoms with van der Waals surface area (Å²) in [5, 5.41) is 10.7. The van der Waals surface area contributed by atoms with Crippen LogP contribution in [-0.2, 0) is 11.2 Å². The normalized spacial score (nSPS) is 16.3. The summed E-state index contributed by atoms with van der Waals surface area (Å²) in [5.74, 6) is -1.63. The molecule has 0 spiro atoms. The Morgan fingerprint density at radius 3 is 2.38 bits per heavy atom.